The van der Waals surface area contributed by atoms with Crippen molar-refractivity contribution in [2.24, 2.45) is 0 Å². The molecule has 0 aliphatic carbocycles. The number of hydrogen-bond donors (Lipinski definition) is 2. The lowest BCUT2D eigenvalue weighted by atomic mass is 10.0. The van der Waals surface area contributed by atoms with Crippen LogP contribution in [-0.4, -0.2) is 44.8 Å². The number of para-hydroxylation sites is 1. The highest BCUT2D eigenvalue weighted by Gasteiger charge is 2.38. The van der Waals surface area contributed by atoms with Crippen LogP contribution in [0.3, 0.4) is 0 Å². The van der Waals surface area contributed by atoms with Gasteiger partial charge in [-0.05, 0) is 42.3 Å². The third-order valence-corrected chi connectivity index (χ3v) is 6.03. The van der Waals surface area contributed by atoms with Crippen LogP contribution in [0.5, 0.6) is 0 Å². The fraction of sp³-hybridized carbons (Fsp3) is 0.185. The molecule has 0 aliphatic heterocycles. The van der Waals surface area contributed by atoms with Gasteiger partial charge in [-0.2, -0.15) is 26.3 Å². The van der Waals surface area contributed by atoms with Crippen molar-refractivity contribution in [3.63, 3.8) is 0 Å². The second kappa shape index (κ2) is 11.2. The van der Waals surface area contributed by atoms with Crippen LogP contribution in [0.1, 0.15) is 27.0 Å². The van der Waals surface area contributed by atoms with Crippen molar-refractivity contribution in [2.75, 3.05) is 12.4 Å². The number of rotatable bonds is 7. The van der Waals surface area contributed by atoms with Crippen molar-refractivity contribution in [3.05, 3.63) is 102 Å². The Bertz CT molecular complexity index is 1510. The Hall–Kier alpha value is -4.68. The molecular formula is C27H21F6N5O2. The van der Waals surface area contributed by atoms with Crippen molar-refractivity contribution in [2.45, 2.75) is 24.8 Å². The highest BCUT2D eigenvalue weighted by molar-refractivity contribution is 5.98. The van der Waals surface area contributed by atoms with Crippen molar-refractivity contribution >= 4 is 28.7 Å². The van der Waals surface area contributed by atoms with E-state index < -0.39 is 46.9 Å². The molecule has 0 saturated heterocycles. The molecule has 0 radical (unpaired) electrons. The number of H-pyrrole nitrogens is 1. The van der Waals surface area contributed by atoms with Gasteiger partial charge < -0.3 is 9.88 Å². The number of alkyl halides is 6. The third kappa shape index (κ3) is 6.65. The average molecular weight is 561 g/mol. The first-order valence-corrected chi connectivity index (χ1v) is 11.7. The van der Waals surface area contributed by atoms with E-state index in [0.717, 1.165) is 21.9 Å². The molecule has 0 fully saturated rings. The van der Waals surface area contributed by atoms with Crippen LogP contribution in [0.2, 0.25) is 0 Å². The van der Waals surface area contributed by atoms with Crippen molar-refractivity contribution < 1.29 is 35.9 Å². The van der Waals surface area contributed by atoms with E-state index in [9.17, 15) is 35.9 Å². The standard InChI is InChI=1S/C27H21F6N5O2/c1-38(24(40)16-11-18(26(28,29)30)14-19(12-16)27(31,32)33)20(7-8-23(39)37-25-34-9-4-10-35-25)13-17-15-36-22-6-3-2-5-21(17)22/h2-12,14-15,20,36H,13H2,1H3,(H,34,35,37,39). The van der Waals surface area contributed by atoms with E-state index in [1.807, 2.05) is 12.1 Å². The lowest BCUT2D eigenvalue weighted by molar-refractivity contribution is -0.143. The first-order valence-electron chi connectivity index (χ1n) is 11.7. The molecule has 0 bridgehead atoms. The number of hydrogen-bond acceptors (Lipinski definition) is 4. The number of carbonyl (C=O) groups is 2. The summed E-state index contributed by atoms with van der Waals surface area (Å²) in [6.45, 7) is 0. The molecule has 1 atom stereocenters. The highest BCUT2D eigenvalue weighted by Crippen LogP contribution is 2.36. The van der Waals surface area contributed by atoms with Crippen molar-refractivity contribution in [1.82, 2.24) is 19.9 Å². The number of aromatic nitrogens is 3. The molecule has 2 heterocycles. The van der Waals surface area contributed by atoms with Crippen LogP contribution in [0, 0.1) is 0 Å². The molecule has 40 heavy (non-hydrogen) atoms. The van der Waals surface area contributed by atoms with Crippen molar-refractivity contribution in [1.29, 1.82) is 0 Å². The molecule has 2 amide bonds. The fourth-order valence-corrected chi connectivity index (χ4v) is 4.01. The summed E-state index contributed by atoms with van der Waals surface area (Å²) in [7, 11) is 1.23. The smallest absolute Gasteiger partial charge is 0.361 e. The van der Waals surface area contributed by atoms with E-state index in [2.05, 4.69) is 20.3 Å². The SMILES string of the molecule is CN(C(=O)c1cc(C(F)(F)F)cc(C(F)(F)F)c1)C(C=CC(=O)Nc1ncccn1)Cc1c[nH]c2ccccc12. The van der Waals surface area contributed by atoms with Gasteiger partial charge >= 0.3 is 12.4 Å². The normalized spacial score (nSPS) is 13.0. The lowest BCUT2D eigenvalue weighted by Crippen LogP contribution is -2.37. The molecule has 2 aromatic heterocycles. The summed E-state index contributed by atoms with van der Waals surface area (Å²) in [5.74, 6) is -1.74. The van der Waals surface area contributed by atoms with E-state index >= 15 is 0 Å². The molecule has 0 spiro atoms. The molecule has 13 heteroatoms. The first kappa shape index (κ1) is 28.3. The van der Waals surface area contributed by atoms with Gasteiger partial charge in [-0.25, -0.2) is 9.97 Å². The Morgan fingerprint density at radius 3 is 2.23 bits per heavy atom. The second-order valence-electron chi connectivity index (χ2n) is 8.76. The summed E-state index contributed by atoms with van der Waals surface area (Å²) in [6, 6.07) is 8.51. The maximum atomic E-state index is 13.4. The van der Waals surface area contributed by atoms with Crippen LogP contribution >= 0.6 is 0 Å². The number of benzene rings is 2. The summed E-state index contributed by atoms with van der Waals surface area (Å²) >= 11 is 0. The van der Waals surface area contributed by atoms with Crippen LogP contribution in [0.4, 0.5) is 32.3 Å². The Morgan fingerprint density at radius 1 is 0.975 bits per heavy atom. The lowest BCUT2D eigenvalue weighted by Gasteiger charge is -2.26. The number of nitrogens with one attached hydrogen (secondary N) is 2. The maximum absolute atomic E-state index is 13.4. The molecule has 4 aromatic rings. The summed E-state index contributed by atoms with van der Waals surface area (Å²) in [5, 5.41) is 3.22. The number of aromatic amines is 1. The van der Waals surface area contributed by atoms with Crippen LogP contribution < -0.4 is 5.32 Å². The predicted molar refractivity (Wildman–Crippen MR) is 134 cm³/mol. The van der Waals surface area contributed by atoms with Gasteiger partial charge in [-0.1, -0.05) is 24.3 Å². The van der Waals surface area contributed by atoms with Crippen LogP contribution in [0.25, 0.3) is 10.9 Å². The average Bonchev–Trinajstić information content (AvgIpc) is 3.32. The van der Waals surface area contributed by atoms with Gasteiger partial charge in [-0.3, -0.25) is 14.9 Å². The number of halogens is 6. The first-order chi connectivity index (χ1) is 18.8. The van der Waals surface area contributed by atoms with E-state index in [0.29, 0.717) is 17.7 Å². The molecule has 7 nitrogen and oxygen atoms in total. The number of fused-ring (bicyclic) bond motifs is 1. The van der Waals surface area contributed by atoms with Crippen LogP contribution in [0.15, 0.2) is 79.3 Å². The van der Waals surface area contributed by atoms with Gasteiger partial charge in [-0.15, -0.1) is 0 Å². The molecular weight excluding hydrogens is 540 g/mol. The van der Waals surface area contributed by atoms with Crippen molar-refractivity contribution in [3.8, 4) is 0 Å². The topological polar surface area (TPSA) is 91.0 Å². The Kier molecular flexibility index (Phi) is 7.93. The minimum Gasteiger partial charge on any atom is -0.361 e. The van der Waals surface area contributed by atoms with E-state index in [1.54, 1.807) is 24.4 Å². The molecule has 4 rings (SSSR count). The Labute approximate surface area is 223 Å². The number of carbonyl (C=O) groups excluding carboxylic acids is 2. The zero-order valence-electron chi connectivity index (χ0n) is 20.7. The Morgan fingerprint density at radius 2 is 1.60 bits per heavy atom. The largest absolute Gasteiger partial charge is 0.416 e. The number of amides is 2. The third-order valence-electron chi connectivity index (χ3n) is 6.03. The quantitative estimate of drug-likeness (QED) is 0.218. The molecule has 2 N–H and O–H groups in total. The highest BCUT2D eigenvalue weighted by atomic mass is 19.4. The van der Waals surface area contributed by atoms with Gasteiger partial charge in [0.15, 0.2) is 0 Å². The second-order valence-corrected chi connectivity index (χ2v) is 8.76. The van der Waals surface area contributed by atoms with E-state index in [1.165, 1.54) is 25.5 Å². The number of likely N-dealkylation sites (N-methyl/N-ethyl adjacent to an activating group) is 1. The monoisotopic (exact) mass is 561 g/mol. The van der Waals surface area contributed by atoms with Gasteiger partial charge in [0.1, 0.15) is 0 Å². The summed E-state index contributed by atoms with van der Waals surface area (Å²) < 4.78 is 80.3. The number of anilines is 1. The molecule has 208 valence electrons. The minimum atomic E-state index is -5.12. The molecule has 0 aliphatic rings. The summed E-state index contributed by atoms with van der Waals surface area (Å²) in [6.07, 6.45) is -3.24. The minimum absolute atomic E-state index is 0.0124. The Balaban J connectivity index is 1.68. The fourth-order valence-electron chi connectivity index (χ4n) is 4.01. The molecule has 0 saturated carbocycles. The number of nitrogens with zero attached hydrogens (tertiary/aromatic N) is 3. The van der Waals surface area contributed by atoms with E-state index in [4.69, 9.17) is 0 Å². The van der Waals surface area contributed by atoms with Crippen LogP contribution in [-0.2, 0) is 23.6 Å². The van der Waals surface area contributed by atoms with Gasteiger partial charge in [0.05, 0.1) is 17.2 Å². The van der Waals surface area contributed by atoms with Gasteiger partial charge in [0.2, 0.25) is 11.9 Å². The van der Waals surface area contributed by atoms with E-state index in [-0.39, 0.29) is 18.4 Å². The summed E-state index contributed by atoms with van der Waals surface area (Å²) in [5.41, 5.74) is -2.53. The maximum Gasteiger partial charge on any atom is 0.416 e. The zero-order chi connectivity index (χ0) is 29.1. The summed E-state index contributed by atoms with van der Waals surface area (Å²) in [4.78, 5) is 37.6. The predicted octanol–water partition coefficient (Wildman–Crippen LogP) is 5.87. The molecule has 1 unspecified atom stereocenters. The van der Waals surface area contributed by atoms with Gasteiger partial charge in [0.25, 0.3) is 5.91 Å². The zero-order valence-corrected chi connectivity index (χ0v) is 20.7. The van der Waals surface area contributed by atoms with Gasteiger partial charge in [0, 0.05) is 48.2 Å². The molecule has 2 aromatic carbocycles.